The molecule has 1 saturated carbocycles. The first-order valence-corrected chi connectivity index (χ1v) is 7.08. The van der Waals surface area contributed by atoms with Crippen LogP contribution in [0, 0.1) is 5.41 Å². The molecule has 2 aliphatic rings. The van der Waals surface area contributed by atoms with E-state index in [-0.39, 0.29) is 0 Å². The summed E-state index contributed by atoms with van der Waals surface area (Å²) in [4.78, 5) is 5.01. The highest BCUT2D eigenvalue weighted by Gasteiger charge is 2.41. The van der Waals surface area contributed by atoms with E-state index in [9.17, 15) is 0 Å². The number of nitrogens with zero attached hydrogens (tertiary/aromatic N) is 2. The molecule has 1 aliphatic carbocycles. The minimum Gasteiger partial charge on any atom is -0.326 e. The fourth-order valence-electron chi connectivity index (χ4n) is 3.53. The number of hydrogen-bond donors (Lipinski definition) is 1. The lowest BCUT2D eigenvalue weighted by Crippen LogP contribution is -2.56. The van der Waals surface area contributed by atoms with Gasteiger partial charge in [-0.1, -0.05) is 20.3 Å². The zero-order chi connectivity index (χ0) is 12.6. The summed E-state index contributed by atoms with van der Waals surface area (Å²) < 4.78 is 0. The first-order valence-electron chi connectivity index (χ1n) is 7.08. The van der Waals surface area contributed by atoms with E-state index in [1.165, 1.54) is 38.8 Å². The summed E-state index contributed by atoms with van der Waals surface area (Å²) in [6, 6.07) is 1.69. The van der Waals surface area contributed by atoms with Gasteiger partial charge in [0.1, 0.15) is 0 Å². The lowest BCUT2D eigenvalue weighted by atomic mass is 9.71. The van der Waals surface area contributed by atoms with Gasteiger partial charge in [-0.2, -0.15) is 0 Å². The predicted molar refractivity (Wildman–Crippen MR) is 73.1 cm³/mol. The van der Waals surface area contributed by atoms with Crippen LogP contribution in [0.5, 0.6) is 0 Å². The number of likely N-dealkylation sites (N-methyl/N-ethyl adjacent to an activating group) is 1. The van der Waals surface area contributed by atoms with Crippen LogP contribution in [0.3, 0.4) is 0 Å². The summed E-state index contributed by atoms with van der Waals surface area (Å²) in [5.74, 6) is 0. The van der Waals surface area contributed by atoms with Gasteiger partial charge in [0.15, 0.2) is 0 Å². The molecule has 0 bridgehead atoms. The van der Waals surface area contributed by atoms with E-state index < -0.39 is 0 Å². The molecule has 17 heavy (non-hydrogen) atoms. The third-order valence-corrected chi connectivity index (χ3v) is 5.03. The standard InChI is InChI=1S/C14H29N3/c1-14(2)8-5-6-12(13(14)15)17-9-7-11(10-17)16(3)4/h11-13H,5-10,15H2,1-4H3. The highest BCUT2D eigenvalue weighted by Crippen LogP contribution is 2.37. The molecular weight excluding hydrogens is 210 g/mol. The third-order valence-electron chi connectivity index (χ3n) is 5.03. The normalized spacial score (nSPS) is 38.8. The Morgan fingerprint density at radius 2 is 1.94 bits per heavy atom. The molecule has 1 heterocycles. The minimum atomic E-state index is 0.319. The van der Waals surface area contributed by atoms with Crippen molar-refractivity contribution in [3.8, 4) is 0 Å². The molecule has 0 aromatic heterocycles. The lowest BCUT2D eigenvalue weighted by Gasteiger charge is -2.45. The van der Waals surface area contributed by atoms with E-state index in [1.807, 2.05) is 0 Å². The maximum absolute atomic E-state index is 6.50. The molecule has 2 fully saturated rings. The molecule has 0 aromatic carbocycles. The second-order valence-corrected chi connectivity index (χ2v) is 6.87. The Hall–Kier alpha value is -0.120. The molecule has 0 spiro atoms. The van der Waals surface area contributed by atoms with E-state index in [2.05, 4.69) is 37.7 Å². The number of likely N-dealkylation sites (tertiary alicyclic amines) is 1. The average molecular weight is 239 g/mol. The first-order chi connectivity index (χ1) is 7.92. The van der Waals surface area contributed by atoms with Gasteiger partial charge < -0.3 is 10.6 Å². The van der Waals surface area contributed by atoms with Crippen molar-refractivity contribution in [3.63, 3.8) is 0 Å². The van der Waals surface area contributed by atoms with E-state index >= 15 is 0 Å². The summed E-state index contributed by atoms with van der Waals surface area (Å²) in [7, 11) is 4.39. The van der Waals surface area contributed by atoms with Gasteiger partial charge in [0.2, 0.25) is 0 Å². The quantitative estimate of drug-likeness (QED) is 0.793. The van der Waals surface area contributed by atoms with Crippen LogP contribution in [0.2, 0.25) is 0 Å². The van der Waals surface area contributed by atoms with Crippen LogP contribution in [0.15, 0.2) is 0 Å². The second-order valence-electron chi connectivity index (χ2n) is 6.87. The maximum atomic E-state index is 6.50. The van der Waals surface area contributed by atoms with Gasteiger partial charge in [0, 0.05) is 31.2 Å². The molecule has 2 rings (SSSR count). The maximum Gasteiger partial charge on any atom is 0.0253 e. The molecule has 0 radical (unpaired) electrons. The monoisotopic (exact) mass is 239 g/mol. The highest BCUT2D eigenvalue weighted by atomic mass is 15.3. The molecule has 3 heteroatoms. The van der Waals surface area contributed by atoms with Gasteiger partial charge in [-0.3, -0.25) is 4.90 Å². The third kappa shape index (κ3) is 2.67. The molecule has 0 amide bonds. The van der Waals surface area contributed by atoms with Crippen molar-refractivity contribution in [2.24, 2.45) is 11.1 Å². The van der Waals surface area contributed by atoms with Gasteiger partial charge in [0.25, 0.3) is 0 Å². The number of nitrogens with two attached hydrogens (primary N) is 1. The van der Waals surface area contributed by atoms with Gasteiger partial charge in [-0.05, 0) is 38.8 Å². The fourth-order valence-corrected chi connectivity index (χ4v) is 3.53. The van der Waals surface area contributed by atoms with Crippen molar-refractivity contribution in [1.82, 2.24) is 9.80 Å². The topological polar surface area (TPSA) is 32.5 Å². The average Bonchev–Trinajstić information content (AvgIpc) is 2.71. The SMILES string of the molecule is CN(C)C1CCN(C2CCCC(C)(C)C2N)C1. The molecule has 0 aromatic rings. The summed E-state index contributed by atoms with van der Waals surface area (Å²) in [5.41, 5.74) is 6.82. The van der Waals surface area contributed by atoms with Crippen LogP contribution in [0.4, 0.5) is 0 Å². The molecule has 3 unspecified atom stereocenters. The van der Waals surface area contributed by atoms with E-state index in [0.29, 0.717) is 17.5 Å². The molecule has 2 N–H and O–H groups in total. The van der Waals surface area contributed by atoms with E-state index in [4.69, 9.17) is 5.73 Å². The van der Waals surface area contributed by atoms with Gasteiger partial charge in [-0.15, -0.1) is 0 Å². The summed E-state index contributed by atoms with van der Waals surface area (Å²) in [5, 5.41) is 0. The van der Waals surface area contributed by atoms with Crippen LogP contribution in [-0.2, 0) is 0 Å². The second kappa shape index (κ2) is 4.87. The Morgan fingerprint density at radius 3 is 2.53 bits per heavy atom. The van der Waals surface area contributed by atoms with Crippen molar-refractivity contribution >= 4 is 0 Å². The Labute approximate surface area is 106 Å². The smallest absolute Gasteiger partial charge is 0.0253 e. The number of hydrogen-bond acceptors (Lipinski definition) is 3. The molecule has 100 valence electrons. The predicted octanol–water partition coefficient (Wildman–Crippen LogP) is 1.53. The zero-order valence-electron chi connectivity index (χ0n) is 11.9. The lowest BCUT2D eigenvalue weighted by molar-refractivity contribution is 0.0793. The fraction of sp³-hybridized carbons (Fsp3) is 1.00. The van der Waals surface area contributed by atoms with Crippen LogP contribution >= 0.6 is 0 Å². The molecule has 3 atom stereocenters. The molecule has 3 nitrogen and oxygen atoms in total. The van der Waals surface area contributed by atoms with Crippen molar-refractivity contribution in [2.75, 3.05) is 27.2 Å². The molecule has 1 aliphatic heterocycles. The van der Waals surface area contributed by atoms with Crippen LogP contribution in [0.25, 0.3) is 0 Å². The van der Waals surface area contributed by atoms with Crippen molar-refractivity contribution in [2.45, 2.75) is 57.7 Å². The Morgan fingerprint density at radius 1 is 1.24 bits per heavy atom. The van der Waals surface area contributed by atoms with E-state index in [0.717, 1.165) is 6.04 Å². The van der Waals surface area contributed by atoms with Crippen molar-refractivity contribution in [3.05, 3.63) is 0 Å². The summed E-state index contributed by atoms with van der Waals surface area (Å²) >= 11 is 0. The Bertz CT molecular complexity index is 262. The molecular formula is C14H29N3. The van der Waals surface area contributed by atoms with Crippen molar-refractivity contribution < 1.29 is 0 Å². The number of rotatable bonds is 2. The van der Waals surface area contributed by atoms with Gasteiger partial charge in [0.05, 0.1) is 0 Å². The van der Waals surface area contributed by atoms with Gasteiger partial charge >= 0.3 is 0 Å². The largest absolute Gasteiger partial charge is 0.326 e. The van der Waals surface area contributed by atoms with Crippen LogP contribution in [-0.4, -0.2) is 55.1 Å². The Kier molecular flexibility index (Phi) is 3.81. The van der Waals surface area contributed by atoms with E-state index in [1.54, 1.807) is 0 Å². The highest BCUT2D eigenvalue weighted by molar-refractivity contribution is 4.98. The Balaban J connectivity index is 1.99. The summed E-state index contributed by atoms with van der Waals surface area (Å²) in [6.07, 6.45) is 5.23. The zero-order valence-corrected chi connectivity index (χ0v) is 11.9. The molecule has 1 saturated heterocycles. The summed E-state index contributed by atoms with van der Waals surface area (Å²) in [6.45, 7) is 7.12. The van der Waals surface area contributed by atoms with Crippen molar-refractivity contribution in [1.29, 1.82) is 0 Å². The van der Waals surface area contributed by atoms with Crippen LogP contribution < -0.4 is 5.73 Å². The minimum absolute atomic E-state index is 0.319. The first kappa shape index (κ1) is 13.3. The van der Waals surface area contributed by atoms with Gasteiger partial charge in [-0.25, -0.2) is 0 Å². The van der Waals surface area contributed by atoms with Crippen LogP contribution in [0.1, 0.15) is 39.5 Å².